The molecule has 1 rings (SSSR count). The van der Waals surface area contributed by atoms with E-state index >= 15 is 0 Å². The Labute approximate surface area is 73.2 Å². The van der Waals surface area contributed by atoms with Crippen molar-refractivity contribution in [2.45, 2.75) is 19.6 Å². The van der Waals surface area contributed by atoms with Crippen LogP contribution in [0.25, 0.3) is 0 Å². The summed E-state index contributed by atoms with van der Waals surface area (Å²) in [6.45, 7) is 6.92. The quantitative estimate of drug-likeness (QED) is 0.652. The van der Waals surface area contributed by atoms with E-state index in [1.807, 2.05) is 12.4 Å². The van der Waals surface area contributed by atoms with Gasteiger partial charge in [-0.15, -0.1) is 0 Å². The molecule has 0 saturated heterocycles. The summed E-state index contributed by atoms with van der Waals surface area (Å²) < 4.78 is 2.16. The van der Waals surface area contributed by atoms with Gasteiger partial charge in [-0.3, -0.25) is 3.97 Å². The number of aromatic nitrogens is 2. The Bertz CT molecular complexity index is 239. The Morgan fingerprint density at radius 3 is 2.45 bits per heavy atom. The van der Waals surface area contributed by atoms with Crippen molar-refractivity contribution in [1.29, 1.82) is 0 Å². The zero-order chi connectivity index (χ0) is 8.48. The lowest BCUT2D eigenvalue weighted by atomic mass is 11.0. The van der Waals surface area contributed by atoms with E-state index in [1.165, 1.54) is 5.45 Å². The first kappa shape index (κ1) is 8.87. The first-order chi connectivity index (χ1) is 5.05. The van der Waals surface area contributed by atoms with Gasteiger partial charge in [-0.05, 0) is 11.9 Å². The molecule has 4 heteroatoms. The predicted molar refractivity (Wildman–Crippen MR) is 54.1 cm³/mol. The van der Waals surface area contributed by atoms with E-state index in [9.17, 15) is 0 Å². The van der Waals surface area contributed by atoms with Crippen LogP contribution in [-0.2, 0) is 0 Å². The molecule has 1 heterocycles. The first-order valence-electron chi connectivity index (χ1n) is 3.64. The molecule has 0 amide bonds. The molecule has 1 aromatic rings. The van der Waals surface area contributed by atoms with Crippen molar-refractivity contribution >= 4 is 25.5 Å². The zero-order valence-corrected chi connectivity index (χ0v) is 9.27. The summed E-state index contributed by atoms with van der Waals surface area (Å²) in [4.78, 5) is 4.36. The van der Waals surface area contributed by atoms with Crippen LogP contribution in [0.2, 0.25) is 19.6 Å². The van der Waals surface area contributed by atoms with E-state index in [0.29, 0.717) is 0 Å². The Morgan fingerprint density at radius 1 is 1.45 bits per heavy atom. The van der Waals surface area contributed by atoms with Crippen molar-refractivity contribution < 1.29 is 0 Å². The van der Waals surface area contributed by atoms with Gasteiger partial charge in [0, 0.05) is 18.6 Å². The maximum Gasteiger partial charge on any atom is 0.124 e. The van der Waals surface area contributed by atoms with Crippen LogP contribution in [0.3, 0.4) is 0 Å². The number of imidazole rings is 1. The molecule has 2 nitrogen and oxygen atoms in total. The minimum atomic E-state index is -1.22. The minimum absolute atomic E-state index is 1.22. The molecule has 62 valence electrons. The lowest BCUT2D eigenvalue weighted by Crippen LogP contribution is -2.43. The average Bonchev–Trinajstić information content (AvgIpc) is 2.31. The van der Waals surface area contributed by atoms with Crippen molar-refractivity contribution in [3.63, 3.8) is 0 Å². The highest BCUT2D eigenvalue weighted by atomic mass is 32.2. The molecule has 0 N–H and O–H groups in total. The van der Waals surface area contributed by atoms with Crippen LogP contribution in [-0.4, -0.2) is 23.3 Å². The number of hydrogen-bond acceptors (Lipinski definition) is 2. The second-order valence-electron chi connectivity index (χ2n) is 3.51. The van der Waals surface area contributed by atoms with E-state index in [-0.39, 0.29) is 0 Å². The molecule has 0 spiro atoms. The third-order valence-electron chi connectivity index (χ3n) is 1.48. The van der Waals surface area contributed by atoms with Gasteiger partial charge in [0.2, 0.25) is 0 Å². The third-order valence-corrected chi connectivity index (χ3v) is 4.04. The van der Waals surface area contributed by atoms with E-state index in [1.54, 1.807) is 11.9 Å². The summed E-state index contributed by atoms with van der Waals surface area (Å²) in [5.74, 6) is 0. The largest absolute Gasteiger partial charge is 0.282 e. The molecule has 11 heavy (non-hydrogen) atoms. The molecule has 0 radical (unpaired) electrons. The average molecular weight is 186 g/mol. The second kappa shape index (κ2) is 3.03. The number of hydrogen-bond donors (Lipinski definition) is 0. The molecule has 0 aliphatic heterocycles. The van der Waals surface area contributed by atoms with Gasteiger partial charge in [-0.2, -0.15) is 0 Å². The Morgan fingerprint density at radius 2 is 2.09 bits per heavy atom. The molecule has 0 atom stereocenters. The summed E-state index contributed by atoms with van der Waals surface area (Å²) in [6.07, 6.45) is 5.98. The van der Waals surface area contributed by atoms with E-state index in [0.717, 1.165) is 0 Å². The summed E-state index contributed by atoms with van der Waals surface area (Å²) in [5, 5.41) is 0. The van der Waals surface area contributed by atoms with Gasteiger partial charge in [-0.25, -0.2) is 4.98 Å². The van der Waals surface area contributed by atoms with Crippen LogP contribution in [0, 0.1) is 0 Å². The lowest BCUT2D eigenvalue weighted by molar-refractivity contribution is 1.28. The summed E-state index contributed by atoms with van der Waals surface area (Å²) >= 11 is 1.72. The van der Waals surface area contributed by atoms with Gasteiger partial charge in [-0.1, -0.05) is 19.6 Å². The maximum absolute atomic E-state index is 4.36. The van der Waals surface area contributed by atoms with Gasteiger partial charge >= 0.3 is 0 Å². The fourth-order valence-corrected chi connectivity index (χ4v) is 3.65. The van der Waals surface area contributed by atoms with Crippen LogP contribution in [0.5, 0.6) is 0 Å². The lowest BCUT2D eigenvalue weighted by Gasteiger charge is -2.15. The van der Waals surface area contributed by atoms with Crippen LogP contribution in [0.4, 0.5) is 0 Å². The van der Waals surface area contributed by atoms with Crippen LogP contribution in [0.1, 0.15) is 0 Å². The molecule has 0 aliphatic carbocycles. The topological polar surface area (TPSA) is 17.8 Å². The summed E-state index contributed by atoms with van der Waals surface area (Å²) in [7, 11) is -1.22. The molecule has 0 aliphatic rings. The molecule has 1 aromatic heterocycles. The van der Waals surface area contributed by atoms with Crippen molar-refractivity contribution in [1.82, 2.24) is 8.96 Å². The van der Waals surface area contributed by atoms with Gasteiger partial charge in [0.1, 0.15) is 8.07 Å². The van der Waals surface area contributed by atoms with Crippen LogP contribution >= 0.6 is 11.9 Å². The molecule has 0 fully saturated rings. The van der Waals surface area contributed by atoms with Crippen LogP contribution in [0.15, 0.2) is 12.4 Å². The molecule has 0 bridgehead atoms. The van der Waals surface area contributed by atoms with E-state index in [2.05, 4.69) is 34.9 Å². The third kappa shape index (κ3) is 1.87. The van der Waals surface area contributed by atoms with Gasteiger partial charge in [0.25, 0.3) is 0 Å². The normalized spacial score (nSPS) is 12.0. The van der Waals surface area contributed by atoms with Crippen molar-refractivity contribution in [2.24, 2.45) is 0 Å². The van der Waals surface area contributed by atoms with E-state index < -0.39 is 8.07 Å². The number of rotatable bonds is 2. The maximum atomic E-state index is 4.36. The van der Waals surface area contributed by atoms with Gasteiger partial charge in [0.15, 0.2) is 0 Å². The molecule has 0 unspecified atom stereocenters. The van der Waals surface area contributed by atoms with Crippen molar-refractivity contribution in [3.05, 3.63) is 12.4 Å². The second-order valence-corrected chi connectivity index (χ2v) is 9.21. The van der Waals surface area contributed by atoms with Crippen molar-refractivity contribution in [3.8, 4) is 0 Å². The fraction of sp³-hybridized carbons (Fsp3) is 0.571. The van der Waals surface area contributed by atoms with Gasteiger partial charge < -0.3 is 0 Å². The minimum Gasteiger partial charge on any atom is -0.282 e. The monoisotopic (exact) mass is 186 g/mol. The Hall–Kier alpha value is -0.223. The molecule has 0 saturated carbocycles. The predicted octanol–water partition coefficient (Wildman–Crippen LogP) is 1.55. The first-order valence-corrected chi connectivity index (χ1v) is 8.32. The van der Waals surface area contributed by atoms with Crippen LogP contribution < -0.4 is 5.45 Å². The standard InChI is InChI=1S/C7H14N2SSi/c1-10-9-6-5-8-7(9)11(2,3)4/h5-6H,1-4H3. The van der Waals surface area contributed by atoms with Gasteiger partial charge in [0.05, 0.1) is 5.45 Å². The molecule has 0 aromatic carbocycles. The summed E-state index contributed by atoms with van der Waals surface area (Å²) in [5.41, 5.74) is 1.27. The smallest absolute Gasteiger partial charge is 0.124 e. The highest BCUT2D eigenvalue weighted by Crippen LogP contribution is 2.05. The molecular weight excluding hydrogens is 172 g/mol. The summed E-state index contributed by atoms with van der Waals surface area (Å²) in [6, 6.07) is 0. The SMILES string of the molecule is CSn1ccnc1[Si](C)(C)C. The van der Waals surface area contributed by atoms with E-state index in [4.69, 9.17) is 0 Å². The fourth-order valence-electron chi connectivity index (χ4n) is 0.964. The molecular formula is C7H14N2SSi. The highest BCUT2D eigenvalue weighted by Gasteiger charge is 2.21. The Kier molecular flexibility index (Phi) is 2.44. The highest BCUT2D eigenvalue weighted by molar-refractivity contribution is 7.97. The van der Waals surface area contributed by atoms with Crippen molar-refractivity contribution in [2.75, 3.05) is 6.26 Å². The zero-order valence-electron chi connectivity index (χ0n) is 7.46. The Balaban J connectivity index is 3.02. The number of nitrogens with zero attached hydrogens (tertiary/aromatic N) is 2.